The van der Waals surface area contributed by atoms with Crippen molar-refractivity contribution in [2.45, 2.75) is 27.2 Å². The normalized spacial score (nSPS) is 9.60. The first-order valence-corrected chi connectivity index (χ1v) is 5.27. The van der Waals surface area contributed by atoms with E-state index < -0.39 is 0 Å². The van der Waals surface area contributed by atoms with Gasteiger partial charge in [-0.1, -0.05) is 26.8 Å². The summed E-state index contributed by atoms with van der Waals surface area (Å²) >= 11 is 0. The van der Waals surface area contributed by atoms with E-state index >= 15 is 0 Å². The van der Waals surface area contributed by atoms with Crippen molar-refractivity contribution < 1.29 is 9.15 Å². The van der Waals surface area contributed by atoms with Gasteiger partial charge in [-0.2, -0.15) is 0 Å². The standard InChI is InChI=1S/C10H11NO2.C2H6/c1-3-9-11-10-7(12-2)5-4-6-8(10)13-9;1-2/h4-6H,3H2,1-2H3;1-2H3. The Hall–Kier alpha value is -1.51. The molecule has 1 aromatic carbocycles. The van der Waals surface area contributed by atoms with E-state index in [9.17, 15) is 0 Å². The lowest BCUT2D eigenvalue weighted by molar-refractivity contribution is 0.419. The molecular weight excluding hydrogens is 190 g/mol. The lowest BCUT2D eigenvalue weighted by Gasteiger charge is -1.96. The molecule has 0 bridgehead atoms. The molecule has 0 fully saturated rings. The van der Waals surface area contributed by atoms with Crippen LogP contribution in [0.5, 0.6) is 5.75 Å². The van der Waals surface area contributed by atoms with Crippen LogP contribution in [0.4, 0.5) is 0 Å². The Morgan fingerprint density at radius 1 is 1.33 bits per heavy atom. The Morgan fingerprint density at radius 3 is 2.67 bits per heavy atom. The number of benzene rings is 1. The third-order valence-corrected chi connectivity index (χ3v) is 1.95. The average molecular weight is 207 g/mol. The second-order valence-corrected chi connectivity index (χ2v) is 2.77. The topological polar surface area (TPSA) is 35.3 Å². The zero-order valence-electron chi connectivity index (χ0n) is 9.70. The van der Waals surface area contributed by atoms with Crippen molar-refractivity contribution in [2.24, 2.45) is 0 Å². The molecule has 0 saturated heterocycles. The van der Waals surface area contributed by atoms with Gasteiger partial charge in [0.25, 0.3) is 0 Å². The fraction of sp³-hybridized carbons (Fsp3) is 0.417. The van der Waals surface area contributed by atoms with Crippen LogP contribution in [0, 0.1) is 0 Å². The maximum atomic E-state index is 5.47. The highest BCUT2D eigenvalue weighted by Gasteiger charge is 2.07. The van der Waals surface area contributed by atoms with Crippen molar-refractivity contribution >= 4 is 11.1 Å². The van der Waals surface area contributed by atoms with E-state index in [4.69, 9.17) is 9.15 Å². The maximum Gasteiger partial charge on any atom is 0.195 e. The predicted octanol–water partition coefficient (Wildman–Crippen LogP) is 3.43. The number of fused-ring (bicyclic) bond motifs is 1. The van der Waals surface area contributed by atoms with Gasteiger partial charge >= 0.3 is 0 Å². The summed E-state index contributed by atoms with van der Waals surface area (Å²) in [6.45, 7) is 6.01. The van der Waals surface area contributed by atoms with E-state index in [1.165, 1.54) is 0 Å². The maximum absolute atomic E-state index is 5.47. The van der Waals surface area contributed by atoms with Crippen molar-refractivity contribution in [1.82, 2.24) is 4.98 Å². The molecule has 0 aliphatic carbocycles. The van der Waals surface area contributed by atoms with Crippen molar-refractivity contribution in [3.05, 3.63) is 24.1 Å². The molecular formula is C12H17NO2. The molecule has 1 aromatic heterocycles. The summed E-state index contributed by atoms with van der Waals surface area (Å²) in [6, 6.07) is 5.67. The molecule has 3 heteroatoms. The number of para-hydroxylation sites is 1. The smallest absolute Gasteiger partial charge is 0.195 e. The number of hydrogen-bond acceptors (Lipinski definition) is 3. The van der Waals surface area contributed by atoms with Crippen LogP contribution in [0.2, 0.25) is 0 Å². The highest BCUT2D eigenvalue weighted by Crippen LogP contribution is 2.25. The van der Waals surface area contributed by atoms with Crippen molar-refractivity contribution in [2.75, 3.05) is 7.11 Å². The van der Waals surface area contributed by atoms with Crippen LogP contribution in [0.15, 0.2) is 22.6 Å². The van der Waals surface area contributed by atoms with Gasteiger partial charge in [-0.3, -0.25) is 0 Å². The molecule has 3 nitrogen and oxygen atoms in total. The molecule has 0 saturated carbocycles. The van der Waals surface area contributed by atoms with Gasteiger partial charge < -0.3 is 9.15 Å². The summed E-state index contributed by atoms with van der Waals surface area (Å²) < 4.78 is 10.6. The second kappa shape index (κ2) is 5.39. The Balaban J connectivity index is 0.000000531. The molecule has 0 aliphatic rings. The van der Waals surface area contributed by atoms with Gasteiger partial charge in [0.05, 0.1) is 7.11 Å². The van der Waals surface area contributed by atoms with E-state index in [0.29, 0.717) is 0 Å². The number of ether oxygens (including phenoxy) is 1. The zero-order chi connectivity index (χ0) is 11.3. The lowest BCUT2D eigenvalue weighted by atomic mass is 10.3. The Morgan fingerprint density at radius 2 is 2.07 bits per heavy atom. The first-order valence-electron chi connectivity index (χ1n) is 5.27. The molecule has 82 valence electrons. The summed E-state index contributed by atoms with van der Waals surface area (Å²) in [7, 11) is 1.63. The van der Waals surface area contributed by atoms with Crippen LogP contribution in [-0.2, 0) is 6.42 Å². The Labute approximate surface area is 90.1 Å². The number of nitrogens with zero attached hydrogens (tertiary/aromatic N) is 1. The van der Waals surface area contributed by atoms with E-state index in [2.05, 4.69) is 4.98 Å². The molecule has 2 aromatic rings. The van der Waals surface area contributed by atoms with E-state index in [1.54, 1.807) is 7.11 Å². The largest absolute Gasteiger partial charge is 0.494 e. The van der Waals surface area contributed by atoms with E-state index in [-0.39, 0.29) is 0 Å². The van der Waals surface area contributed by atoms with Crippen LogP contribution in [0.25, 0.3) is 11.1 Å². The molecule has 0 unspecified atom stereocenters. The number of rotatable bonds is 2. The van der Waals surface area contributed by atoms with Crippen molar-refractivity contribution in [1.29, 1.82) is 0 Å². The lowest BCUT2D eigenvalue weighted by Crippen LogP contribution is -1.83. The SMILES string of the molecule is CC.CCc1nc2c(OC)cccc2o1. The van der Waals surface area contributed by atoms with E-state index in [1.807, 2.05) is 39.0 Å². The summed E-state index contributed by atoms with van der Waals surface area (Å²) in [4.78, 5) is 4.31. The number of aryl methyl sites for hydroxylation is 1. The van der Waals surface area contributed by atoms with Gasteiger partial charge in [-0.15, -0.1) is 0 Å². The molecule has 0 spiro atoms. The molecule has 15 heavy (non-hydrogen) atoms. The average Bonchev–Trinajstić information content (AvgIpc) is 2.74. The second-order valence-electron chi connectivity index (χ2n) is 2.77. The van der Waals surface area contributed by atoms with Crippen molar-refractivity contribution in [3.8, 4) is 5.75 Å². The van der Waals surface area contributed by atoms with Crippen molar-refractivity contribution in [3.63, 3.8) is 0 Å². The van der Waals surface area contributed by atoms with Crippen LogP contribution in [-0.4, -0.2) is 12.1 Å². The fourth-order valence-corrected chi connectivity index (χ4v) is 1.29. The molecule has 1 heterocycles. The minimum atomic E-state index is 0.750. The highest BCUT2D eigenvalue weighted by molar-refractivity contribution is 5.79. The summed E-state index contributed by atoms with van der Waals surface area (Å²) in [6.07, 6.45) is 0.803. The fourth-order valence-electron chi connectivity index (χ4n) is 1.29. The van der Waals surface area contributed by atoms with Crippen LogP contribution < -0.4 is 4.74 Å². The first kappa shape index (κ1) is 11.6. The summed E-state index contributed by atoms with van der Waals surface area (Å²) in [5.41, 5.74) is 1.60. The monoisotopic (exact) mass is 207 g/mol. The van der Waals surface area contributed by atoms with E-state index in [0.717, 1.165) is 29.2 Å². The number of aromatic nitrogens is 1. The van der Waals surface area contributed by atoms with Gasteiger partial charge in [0.1, 0.15) is 5.75 Å². The molecule has 0 aliphatic heterocycles. The Bertz CT molecular complexity index is 420. The van der Waals surface area contributed by atoms with Gasteiger partial charge in [0, 0.05) is 6.42 Å². The minimum absolute atomic E-state index is 0.750. The van der Waals surface area contributed by atoms with Crippen LogP contribution >= 0.6 is 0 Å². The van der Waals surface area contributed by atoms with Crippen LogP contribution in [0.1, 0.15) is 26.7 Å². The molecule has 0 amide bonds. The quantitative estimate of drug-likeness (QED) is 0.756. The number of hydrogen-bond donors (Lipinski definition) is 0. The van der Waals surface area contributed by atoms with Gasteiger partial charge in [0.15, 0.2) is 17.0 Å². The molecule has 0 atom stereocenters. The predicted molar refractivity (Wildman–Crippen MR) is 61.3 cm³/mol. The third kappa shape index (κ3) is 2.29. The molecule has 0 N–H and O–H groups in total. The minimum Gasteiger partial charge on any atom is -0.494 e. The third-order valence-electron chi connectivity index (χ3n) is 1.95. The van der Waals surface area contributed by atoms with Gasteiger partial charge in [-0.25, -0.2) is 4.98 Å². The number of oxazole rings is 1. The first-order chi connectivity index (χ1) is 7.35. The summed E-state index contributed by atoms with van der Waals surface area (Å²) in [5.74, 6) is 1.51. The van der Waals surface area contributed by atoms with Gasteiger partial charge in [-0.05, 0) is 12.1 Å². The number of methoxy groups -OCH3 is 1. The zero-order valence-corrected chi connectivity index (χ0v) is 9.70. The van der Waals surface area contributed by atoms with Crippen LogP contribution in [0.3, 0.4) is 0 Å². The highest BCUT2D eigenvalue weighted by atomic mass is 16.5. The molecule has 2 rings (SSSR count). The molecule has 0 radical (unpaired) electrons. The summed E-state index contributed by atoms with van der Waals surface area (Å²) in [5, 5.41) is 0. The van der Waals surface area contributed by atoms with Gasteiger partial charge in [0.2, 0.25) is 0 Å². The Kier molecular flexibility index (Phi) is 4.16.